The normalized spacial score (nSPS) is 14.8. The Kier molecular flexibility index (Phi) is 12.9. The van der Waals surface area contributed by atoms with Gasteiger partial charge < -0.3 is 10.6 Å². The molecule has 0 aliphatic carbocycles. The molecule has 0 aliphatic rings. The number of nitrogens with zero attached hydrogens (tertiary/aromatic N) is 1. The molecule has 0 saturated heterocycles. The van der Waals surface area contributed by atoms with Crippen LogP contribution in [0.5, 0.6) is 0 Å². The van der Waals surface area contributed by atoms with Crippen LogP contribution in [0.2, 0.25) is 0 Å². The van der Waals surface area contributed by atoms with E-state index in [1.165, 1.54) is 64.3 Å². The Balaban J connectivity index is 3.63. The quantitative estimate of drug-likeness (QED) is 0.502. The van der Waals surface area contributed by atoms with Crippen molar-refractivity contribution in [1.29, 1.82) is 0 Å². The molecule has 0 aliphatic heterocycles. The van der Waals surface area contributed by atoms with Gasteiger partial charge in [-0.1, -0.05) is 72.1 Å². The maximum Gasteiger partial charge on any atom is 0.0215 e. The first-order chi connectivity index (χ1) is 9.15. The average Bonchev–Trinajstić information content (AvgIpc) is 2.41. The third-order valence-electron chi connectivity index (χ3n) is 4.33. The number of hydrogen-bond acceptors (Lipinski definition) is 2. The minimum absolute atomic E-state index is 0.588. The van der Waals surface area contributed by atoms with Gasteiger partial charge in [-0.25, -0.2) is 0 Å². The van der Waals surface area contributed by atoms with Gasteiger partial charge in [-0.05, 0) is 19.4 Å². The van der Waals surface area contributed by atoms with E-state index in [0.29, 0.717) is 6.04 Å². The van der Waals surface area contributed by atoms with Crippen LogP contribution in [0.25, 0.3) is 0 Å². The number of nitrogens with two attached hydrogens (primary N) is 1. The predicted octanol–water partition coefficient (Wildman–Crippen LogP) is 4.43. The van der Waals surface area contributed by atoms with E-state index in [0.717, 1.165) is 12.5 Å². The van der Waals surface area contributed by atoms with Crippen LogP contribution in [-0.4, -0.2) is 31.1 Å². The van der Waals surface area contributed by atoms with Crippen molar-refractivity contribution < 1.29 is 0 Å². The molecule has 2 nitrogen and oxygen atoms in total. The highest BCUT2D eigenvalue weighted by Crippen LogP contribution is 2.13. The van der Waals surface area contributed by atoms with Gasteiger partial charge in [0.25, 0.3) is 0 Å². The lowest BCUT2D eigenvalue weighted by Crippen LogP contribution is -2.40. The van der Waals surface area contributed by atoms with Crippen molar-refractivity contribution in [2.24, 2.45) is 11.7 Å². The summed E-state index contributed by atoms with van der Waals surface area (Å²) in [5.74, 6) is 0.785. The van der Waals surface area contributed by atoms with E-state index in [1.54, 1.807) is 0 Å². The molecule has 0 spiro atoms. The zero-order chi connectivity index (χ0) is 14.5. The minimum Gasteiger partial charge on any atom is -0.329 e. The molecule has 0 saturated carbocycles. The molecule has 2 unspecified atom stereocenters. The Labute approximate surface area is 122 Å². The second-order valence-electron chi connectivity index (χ2n) is 6.25. The van der Waals surface area contributed by atoms with E-state index in [-0.39, 0.29) is 0 Å². The van der Waals surface area contributed by atoms with Crippen molar-refractivity contribution in [3.63, 3.8) is 0 Å². The summed E-state index contributed by atoms with van der Waals surface area (Å²) in [5, 5.41) is 0. The predicted molar refractivity (Wildman–Crippen MR) is 87.5 cm³/mol. The van der Waals surface area contributed by atoms with Crippen molar-refractivity contribution in [2.75, 3.05) is 20.1 Å². The summed E-state index contributed by atoms with van der Waals surface area (Å²) in [6.07, 6.45) is 12.3. The fourth-order valence-electron chi connectivity index (χ4n) is 2.63. The molecule has 0 aromatic heterocycles. The van der Waals surface area contributed by atoms with Crippen LogP contribution in [0.1, 0.15) is 78.6 Å². The second-order valence-corrected chi connectivity index (χ2v) is 6.25. The van der Waals surface area contributed by atoms with Crippen LogP contribution >= 0.6 is 0 Å². The topological polar surface area (TPSA) is 29.3 Å². The zero-order valence-corrected chi connectivity index (χ0v) is 14.0. The van der Waals surface area contributed by atoms with E-state index in [4.69, 9.17) is 5.73 Å². The molecule has 116 valence electrons. The number of likely N-dealkylation sites (N-methyl/N-ethyl adjacent to an activating group) is 1. The zero-order valence-electron chi connectivity index (χ0n) is 14.0. The van der Waals surface area contributed by atoms with E-state index in [9.17, 15) is 0 Å². The molecule has 0 aromatic rings. The fraction of sp³-hybridized carbons (Fsp3) is 1.00. The van der Waals surface area contributed by atoms with Gasteiger partial charge in [0.15, 0.2) is 0 Å². The van der Waals surface area contributed by atoms with Crippen LogP contribution in [0.3, 0.4) is 0 Å². The third kappa shape index (κ3) is 10.4. The van der Waals surface area contributed by atoms with E-state index < -0.39 is 0 Å². The summed E-state index contributed by atoms with van der Waals surface area (Å²) in [6.45, 7) is 8.88. The van der Waals surface area contributed by atoms with Crippen molar-refractivity contribution >= 4 is 0 Å². The Bertz CT molecular complexity index is 182. The molecule has 2 heteroatoms. The lowest BCUT2D eigenvalue weighted by Gasteiger charge is -2.29. The first-order valence-electron chi connectivity index (χ1n) is 8.55. The summed E-state index contributed by atoms with van der Waals surface area (Å²) in [5.41, 5.74) is 5.93. The maximum atomic E-state index is 5.93. The maximum absolute atomic E-state index is 5.93. The summed E-state index contributed by atoms with van der Waals surface area (Å²) < 4.78 is 0. The van der Waals surface area contributed by atoms with E-state index >= 15 is 0 Å². The molecule has 0 rings (SSSR count). The monoisotopic (exact) mass is 270 g/mol. The molecule has 0 bridgehead atoms. The van der Waals surface area contributed by atoms with Gasteiger partial charge in [0.1, 0.15) is 0 Å². The summed E-state index contributed by atoms with van der Waals surface area (Å²) in [4.78, 5) is 2.48. The van der Waals surface area contributed by atoms with Gasteiger partial charge in [-0.3, -0.25) is 0 Å². The van der Waals surface area contributed by atoms with Crippen molar-refractivity contribution in [3.8, 4) is 0 Å². The number of rotatable bonds is 13. The Morgan fingerprint density at radius 2 is 1.53 bits per heavy atom. The summed E-state index contributed by atoms with van der Waals surface area (Å²) in [6, 6.07) is 0.588. The first kappa shape index (κ1) is 18.9. The molecular weight excluding hydrogens is 232 g/mol. The van der Waals surface area contributed by atoms with Crippen LogP contribution in [0.4, 0.5) is 0 Å². The smallest absolute Gasteiger partial charge is 0.0215 e. The van der Waals surface area contributed by atoms with Crippen molar-refractivity contribution in [1.82, 2.24) is 4.90 Å². The van der Waals surface area contributed by atoms with Crippen LogP contribution in [0, 0.1) is 5.92 Å². The van der Waals surface area contributed by atoms with Gasteiger partial charge in [0, 0.05) is 19.1 Å². The number of unbranched alkanes of at least 4 members (excludes halogenated alkanes) is 6. The largest absolute Gasteiger partial charge is 0.329 e. The van der Waals surface area contributed by atoms with E-state index in [1.807, 2.05) is 0 Å². The minimum atomic E-state index is 0.588. The number of hydrogen-bond donors (Lipinski definition) is 1. The Hall–Kier alpha value is -0.0800. The van der Waals surface area contributed by atoms with Crippen LogP contribution < -0.4 is 5.73 Å². The molecule has 19 heavy (non-hydrogen) atoms. The Morgan fingerprint density at radius 1 is 0.947 bits per heavy atom. The molecule has 2 atom stereocenters. The van der Waals surface area contributed by atoms with Crippen molar-refractivity contribution in [2.45, 2.75) is 84.6 Å². The molecule has 0 aromatic carbocycles. The fourth-order valence-corrected chi connectivity index (χ4v) is 2.63. The molecule has 0 heterocycles. The highest BCUT2D eigenvalue weighted by molar-refractivity contribution is 4.71. The molecule has 2 N–H and O–H groups in total. The lowest BCUT2D eigenvalue weighted by atomic mass is 10.0. The molecular formula is C17H38N2. The van der Waals surface area contributed by atoms with Gasteiger partial charge in [-0.15, -0.1) is 0 Å². The van der Waals surface area contributed by atoms with Crippen LogP contribution in [0.15, 0.2) is 0 Å². The molecule has 0 fully saturated rings. The lowest BCUT2D eigenvalue weighted by molar-refractivity contribution is 0.200. The first-order valence-corrected chi connectivity index (χ1v) is 8.55. The van der Waals surface area contributed by atoms with Crippen LogP contribution in [-0.2, 0) is 0 Å². The average molecular weight is 271 g/mol. The summed E-state index contributed by atoms with van der Waals surface area (Å²) in [7, 11) is 2.24. The van der Waals surface area contributed by atoms with Crippen molar-refractivity contribution in [3.05, 3.63) is 0 Å². The van der Waals surface area contributed by atoms with Gasteiger partial charge in [0.2, 0.25) is 0 Å². The van der Waals surface area contributed by atoms with Gasteiger partial charge in [0.05, 0.1) is 0 Å². The third-order valence-corrected chi connectivity index (χ3v) is 4.33. The standard InChI is InChI=1S/C17H38N2/c1-5-7-8-9-10-11-12-13-17(14-18)19(4)15-16(3)6-2/h16-17H,5-15,18H2,1-4H3. The highest BCUT2D eigenvalue weighted by Gasteiger charge is 2.14. The van der Waals surface area contributed by atoms with Gasteiger partial charge >= 0.3 is 0 Å². The summed E-state index contributed by atoms with van der Waals surface area (Å²) >= 11 is 0. The second kappa shape index (κ2) is 12.9. The highest BCUT2D eigenvalue weighted by atomic mass is 15.1. The SMILES string of the molecule is CCCCCCCCCC(CN)N(C)CC(C)CC. The molecule has 0 amide bonds. The van der Waals surface area contributed by atoms with E-state index in [2.05, 4.69) is 32.7 Å². The van der Waals surface area contributed by atoms with Gasteiger partial charge in [-0.2, -0.15) is 0 Å². The molecule has 0 radical (unpaired) electrons. The Morgan fingerprint density at radius 3 is 2.05 bits per heavy atom.